The Hall–Kier alpha value is 0.01000. The lowest BCUT2D eigenvalue weighted by Crippen LogP contribution is -2.03. The van der Waals surface area contributed by atoms with E-state index in [-0.39, 0.29) is 0 Å². The van der Waals surface area contributed by atoms with E-state index < -0.39 is 0 Å². The summed E-state index contributed by atoms with van der Waals surface area (Å²) < 4.78 is 1.17. The molecule has 1 aromatic carbocycles. The summed E-state index contributed by atoms with van der Waals surface area (Å²) in [4.78, 5) is 1.28. The lowest BCUT2D eigenvalue weighted by Gasteiger charge is -2.03. The smallest absolute Gasteiger partial charge is 0.0218 e. The van der Waals surface area contributed by atoms with Crippen molar-refractivity contribution >= 4 is 27.7 Å². The van der Waals surface area contributed by atoms with Crippen LogP contribution in [0.3, 0.4) is 0 Å². The highest BCUT2D eigenvalue weighted by Gasteiger charge is 1.99. The molecule has 1 nitrogen and oxygen atoms in total. The maximum absolute atomic E-state index is 5.47. The van der Waals surface area contributed by atoms with E-state index in [2.05, 4.69) is 40.4 Å². The Morgan fingerprint density at radius 2 is 2.25 bits per heavy atom. The molecular weight excluding hydrogens is 234 g/mol. The Labute approximate surface area is 85.9 Å². The van der Waals surface area contributed by atoms with Crippen LogP contribution in [0.4, 0.5) is 0 Å². The second kappa shape index (κ2) is 4.90. The molecule has 0 unspecified atom stereocenters. The molecule has 0 atom stereocenters. The van der Waals surface area contributed by atoms with Gasteiger partial charge in [0.1, 0.15) is 0 Å². The first-order valence-corrected chi connectivity index (χ1v) is 5.82. The molecule has 1 rings (SSSR count). The minimum atomic E-state index is 0.706. The maximum atomic E-state index is 5.47. The monoisotopic (exact) mass is 245 g/mol. The summed E-state index contributed by atoms with van der Waals surface area (Å²) in [5, 5.41) is 0. The molecule has 0 bridgehead atoms. The number of thioether (sulfide) groups is 1. The summed E-state index contributed by atoms with van der Waals surface area (Å²) >= 11 is 5.27. The van der Waals surface area contributed by atoms with Gasteiger partial charge in [-0.25, -0.2) is 0 Å². The predicted molar refractivity (Wildman–Crippen MR) is 58.7 cm³/mol. The van der Waals surface area contributed by atoms with E-state index in [1.54, 1.807) is 11.8 Å². The van der Waals surface area contributed by atoms with Gasteiger partial charge in [0.25, 0.3) is 0 Å². The van der Waals surface area contributed by atoms with E-state index >= 15 is 0 Å². The highest BCUT2D eigenvalue weighted by Crippen LogP contribution is 2.23. The summed E-state index contributed by atoms with van der Waals surface area (Å²) in [5.41, 5.74) is 6.76. The van der Waals surface area contributed by atoms with Crippen LogP contribution in [0.15, 0.2) is 27.6 Å². The topological polar surface area (TPSA) is 26.0 Å². The Bertz CT molecular complexity index is 263. The van der Waals surface area contributed by atoms with Crippen LogP contribution in [0.1, 0.15) is 5.56 Å². The van der Waals surface area contributed by atoms with E-state index in [1.807, 2.05) is 0 Å². The van der Waals surface area contributed by atoms with Gasteiger partial charge in [-0.2, -0.15) is 0 Å². The summed E-state index contributed by atoms with van der Waals surface area (Å²) in [7, 11) is 0. The highest BCUT2D eigenvalue weighted by atomic mass is 79.9. The van der Waals surface area contributed by atoms with Crippen LogP contribution < -0.4 is 5.73 Å². The van der Waals surface area contributed by atoms with Gasteiger partial charge in [0.15, 0.2) is 0 Å². The lowest BCUT2D eigenvalue weighted by atomic mass is 10.1. The van der Waals surface area contributed by atoms with Gasteiger partial charge in [0, 0.05) is 9.37 Å². The molecule has 0 radical (unpaired) electrons. The van der Waals surface area contributed by atoms with E-state index in [9.17, 15) is 0 Å². The Morgan fingerprint density at radius 1 is 1.50 bits per heavy atom. The van der Waals surface area contributed by atoms with E-state index in [0.717, 1.165) is 6.42 Å². The largest absolute Gasteiger partial charge is 0.330 e. The van der Waals surface area contributed by atoms with Gasteiger partial charge in [-0.05, 0) is 36.9 Å². The fraction of sp³-hybridized carbons (Fsp3) is 0.333. The summed E-state index contributed by atoms with van der Waals surface area (Å²) in [6.07, 6.45) is 3.01. The summed E-state index contributed by atoms with van der Waals surface area (Å²) in [5.74, 6) is 0. The third-order valence-electron chi connectivity index (χ3n) is 1.67. The number of hydrogen-bond acceptors (Lipinski definition) is 2. The fourth-order valence-corrected chi connectivity index (χ4v) is 2.18. The van der Waals surface area contributed by atoms with Crippen LogP contribution in [0.25, 0.3) is 0 Å². The molecule has 0 aliphatic rings. The zero-order chi connectivity index (χ0) is 8.97. The van der Waals surface area contributed by atoms with Crippen LogP contribution in [0, 0.1) is 0 Å². The van der Waals surface area contributed by atoms with Crippen molar-refractivity contribution in [2.75, 3.05) is 12.8 Å². The minimum Gasteiger partial charge on any atom is -0.330 e. The first-order chi connectivity index (χ1) is 5.77. The van der Waals surface area contributed by atoms with Crippen molar-refractivity contribution < 1.29 is 0 Å². The number of benzene rings is 1. The summed E-state index contributed by atoms with van der Waals surface area (Å²) in [6, 6.07) is 6.39. The van der Waals surface area contributed by atoms with Gasteiger partial charge in [-0.3, -0.25) is 0 Å². The van der Waals surface area contributed by atoms with Crippen LogP contribution in [-0.2, 0) is 6.42 Å². The average Bonchev–Trinajstić information content (AvgIpc) is 2.09. The molecule has 0 spiro atoms. The predicted octanol–water partition coefficient (Wildman–Crippen LogP) is 2.67. The first-order valence-electron chi connectivity index (χ1n) is 3.80. The fourth-order valence-electron chi connectivity index (χ4n) is 1.01. The molecule has 1 aromatic rings. The van der Waals surface area contributed by atoms with E-state index in [0.29, 0.717) is 6.54 Å². The van der Waals surface area contributed by atoms with Gasteiger partial charge >= 0.3 is 0 Å². The molecule has 0 aliphatic carbocycles. The average molecular weight is 246 g/mol. The summed E-state index contributed by atoms with van der Waals surface area (Å²) in [6.45, 7) is 0.706. The molecule has 0 saturated heterocycles. The number of hydrogen-bond donors (Lipinski definition) is 1. The molecule has 12 heavy (non-hydrogen) atoms. The Morgan fingerprint density at radius 3 is 2.75 bits per heavy atom. The van der Waals surface area contributed by atoms with Crippen molar-refractivity contribution in [2.45, 2.75) is 11.3 Å². The Kier molecular flexibility index (Phi) is 4.12. The molecule has 66 valence electrons. The molecule has 0 fully saturated rings. The third kappa shape index (κ3) is 2.51. The molecule has 0 heterocycles. The van der Waals surface area contributed by atoms with Crippen LogP contribution in [0.2, 0.25) is 0 Å². The van der Waals surface area contributed by atoms with E-state index in [1.165, 1.54) is 14.9 Å². The van der Waals surface area contributed by atoms with Gasteiger partial charge in [0.05, 0.1) is 0 Å². The van der Waals surface area contributed by atoms with Crippen LogP contribution in [0.5, 0.6) is 0 Å². The van der Waals surface area contributed by atoms with Crippen molar-refractivity contribution in [1.82, 2.24) is 0 Å². The third-order valence-corrected chi connectivity index (χ3v) is 3.14. The van der Waals surface area contributed by atoms with Gasteiger partial charge in [0.2, 0.25) is 0 Å². The molecule has 2 N–H and O–H groups in total. The molecule has 3 heteroatoms. The van der Waals surface area contributed by atoms with Crippen LogP contribution in [-0.4, -0.2) is 12.8 Å². The van der Waals surface area contributed by atoms with Crippen LogP contribution >= 0.6 is 27.7 Å². The zero-order valence-corrected chi connectivity index (χ0v) is 9.41. The van der Waals surface area contributed by atoms with Gasteiger partial charge in [-0.1, -0.05) is 22.0 Å². The Balaban J connectivity index is 2.87. The molecular formula is C9H12BrNS. The van der Waals surface area contributed by atoms with Crippen molar-refractivity contribution in [3.8, 4) is 0 Å². The second-order valence-corrected chi connectivity index (χ2v) is 4.23. The SMILES string of the molecule is CSc1ccc(CCN)c(Br)c1. The zero-order valence-electron chi connectivity index (χ0n) is 7.01. The molecule has 0 aromatic heterocycles. The standard InChI is InChI=1S/C9H12BrNS/c1-12-8-3-2-7(4-5-11)9(10)6-8/h2-3,6H,4-5,11H2,1H3. The molecule has 0 aliphatic heterocycles. The normalized spacial score (nSPS) is 10.2. The van der Waals surface area contributed by atoms with Crippen molar-refractivity contribution in [3.63, 3.8) is 0 Å². The maximum Gasteiger partial charge on any atom is 0.0218 e. The highest BCUT2D eigenvalue weighted by molar-refractivity contribution is 9.10. The van der Waals surface area contributed by atoms with Gasteiger partial charge < -0.3 is 5.73 Å². The molecule has 0 saturated carbocycles. The number of rotatable bonds is 3. The number of nitrogens with two attached hydrogens (primary N) is 1. The van der Waals surface area contributed by atoms with Gasteiger partial charge in [-0.15, -0.1) is 11.8 Å². The second-order valence-electron chi connectivity index (χ2n) is 2.50. The van der Waals surface area contributed by atoms with E-state index in [4.69, 9.17) is 5.73 Å². The number of halogens is 1. The lowest BCUT2D eigenvalue weighted by molar-refractivity contribution is 0.960. The molecule has 0 amide bonds. The first kappa shape index (κ1) is 10.1. The minimum absolute atomic E-state index is 0.706. The van der Waals surface area contributed by atoms with Crippen molar-refractivity contribution in [2.24, 2.45) is 5.73 Å². The van der Waals surface area contributed by atoms with Crippen molar-refractivity contribution in [3.05, 3.63) is 28.2 Å². The quantitative estimate of drug-likeness (QED) is 0.830. The van der Waals surface area contributed by atoms with Crippen molar-refractivity contribution in [1.29, 1.82) is 0 Å².